The first-order valence-corrected chi connectivity index (χ1v) is 6.87. The molecule has 1 heterocycles. The van der Waals surface area contributed by atoms with Gasteiger partial charge in [-0.1, -0.05) is 20.3 Å². The number of hydrogen-bond acceptors (Lipinski definition) is 2. The van der Waals surface area contributed by atoms with Crippen LogP contribution in [-0.2, 0) is 19.4 Å². The zero-order valence-electron chi connectivity index (χ0n) is 11.2. The number of aryl methyl sites for hydroxylation is 2. The van der Waals surface area contributed by atoms with Crippen molar-refractivity contribution in [3.63, 3.8) is 0 Å². The van der Waals surface area contributed by atoms with Crippen molar-refractivity contribution in [2.75, 3.05) is 0 Å². The van der Waals surface area contributed by atoms with E-state index in [1.54, 1.807) is 0 Å². The van der Waals surface area contributed by atoms with Gasteiger partial charge < -0.3 is 5.11 Å². The lowest BCUT2D eigenvalue weighted by Crippen LogP contribution is -2.35. The standard InChI is InChI=1S/C14H24N2O/c1-4-12-9-13(16(5-2)15-12)10-14(17)8-6-7-11(14)3/h9,11,17H,4-8,10H2,1-3H3. The molecule has 1 aliphatic carbocycles. The Balaban J connectivity index is 2.20. The largest absolute Gasteiger partial charge is 0.389 e. The van der Waals surface area contributed by atoms with Crippen LogP contribution in [0.3, 0.4) is 0 Å². The summed E-state index contributed by atoms with van der Waals surface area (Å²) in [4.78, 5) is 0. The van der Waals surface area contributed by atoms with Gasteiger partial charge in [0.15, 0.2) is 0 Å². The first-order chi connectivity index (χ1) is 8.09. The van der Waals surface area contributed by atoms with Crippen LogP contribution in [0.4, 0.5) is 0 Å². The average molecular weight is 236 g/mol. The third-order valence-corrected chi connectivity index (χ3v) is 4.23. The Bertz CT molecular complexity index is 386. The highest BCUT2D eigenvalue weighted by Gasteiger charge is 2.38. The van der Waals surface area contributed by atoms with E-state index >= 15 is 0 Å². The molecule has 3 heteroatoms. The topological polar surface area (TPSA) is 38.0 Å². The molecule has 1 N–H and O–H groups in total. The summed E-state index contributed by atoms with van der Waals surface area (Å²) < 4.78 is 2.04. The minimum Gasteiger partial charge on any atom is -0.389 e. The molecule has 0 spiro atoms. The highest BCUT2D eigenvalue weighted by Crippen LogP contribution is 2.37. The van der Waals surface area contributed by atoms with Crippen LogP contribution in [0.5, 0.6) is 0 Å². The molecule has 0 bridgehead atoms. The summed E-state index contributed by atoms with van der Waals surface area (Å²) in [5.74, 6) is 0.410. The van der Waals surface area contributed by atoms with Crippen LogP contribution >= 0.6 is 0 Å². The molecule has 2 atom stereocenters. The van der Waals surface area contributed by atoms with E-state index in [9.17, 15) is 5.11 Å². The van der Waals surface area contributed by atoms with Gasteiger partial charge in [0.25, 0.3) is 0 Å². The van der Waals surface area contributed by atoms with Gasteiger partial charge in [0, 0.05) is 18.7 Å². The highest BCUT2D eigenvalue weighted by atomic mass is 16.3. The van der Waals surface area contributed by atoms with Crippen molar-refractivity contribution in [3.05, 3.63) is 17.5 Å². The van der Waals surface area contributed by atoms with Gasteiger partial charge >= 0.3 is 0 Å². The van der Waals surface area contributed by atoms with Crippen LogP contribution in [-0.4, -0.2) is 20.5 Å². The monoisotopic (exact) mass is 236 g/mol. The molecule has 1 fully saturated rings. The zero-order chi connectivity index (χ0) is 12.5. The average Bonchev–Trinajstić information content (AvgIpc) is 2.84. The fraction of sp³-hybridized carbons (Fsp3) is 0.786. The van der Waals surface area contributed by atoms with Crippen molar-refractivity contribution in [1.82, 2.24) is 9.78 Å². The molecule has 0 amide bonds. The second kappa shape index (κ2) is 4.81. The highest BCUT2D eigenvalue weighted by molar-refractivity contribution is 5.14. The van der Waals surface area contributed by atoms with Crippen LogP contribution in [0, 0.1) is 5.92 Å². The van der Waals surface area contributed by atoms with Crippen molar-refractivity contribution < 1.29 is 5.11 Å². The van der Waals surface area contributed by atoms with Crippen molar-refractivity contribution >= 4 is 0 Å². The van der Waals surface area contributed by atoms with Gasteiger partial charge in [0.2, 0.25) is 0 Å². The molecule has 0 aromatic carbocycles. The van der Waals surface area contributed by atoms with E-state index in [-0.39, 0.29) is 0 Å². The fourth-order valence-corrected chi connectivity index (χ4v) is 2.91. The number of hydrogen-bond donors (Lipinski definition) is 1. The molecular formula is C14H24N2O. The van der Waals surface area contributed by atoms with Crippen LogP contribution in [0.25, 0.3) is 0 Å². The van der Waals surface area contributed by atoms with E-state index in [4.69, 9.17) is 0 Å². The van der Waals surface area contributed by atoms with Gasteiger partial charge in [-0.2, -0.15) is 5.10 Å². The molecule has 1 aromatic rings. The van der Waals surface area contributed by atoms with Gasteiger partial charge in [-0.15, -0.1) is 0 Å². The molecule has 3 nitrogen and oxygen atoms in total. The van der Waals surface area contributed by atoms with E-state index < -0.39 is 5.60 Å². The maximum atomic E-state index is 10.7. The fourth-order valence-electron chi connectivity index (χ4n) is 2.91. The third-order valence-electron chi connectivity index (χ3n) is 4.23. The predicted octanol–water partition coefficient (Wildman–Crippen LogP) is 2.56. The maximum absolute atomic E-state index is 10.7. The van der Waals surface area contributed by atoms with Crippen LogP contribution in [0.2, 0.25) is 0 Å². The smallest absolute Gasteiger partial charge is 0.0728 e. The van der Waals surface area contributed by atoms with E-state index in [2.05, 4.69) is 31.9 Å². The normalized spacial score (nSPS) is 28.8. The van der Waals surface area contributed by atoms with Gasteiger partial charge in [0.05, 0.1) is 11.3 Å². The van der Waals surface area contributed by atoms with Gasteiger partial charge in [-0.05, 0) is 38.2 Å². The maximum Gasteiger partial charge on any atom is 0.0728 e. The van der Waals surface area contributed by atoms with E-state index in [1.807, 2.05) is 4.68 Å². The number of rotatable bonds is 4. The number of nitrogens with zero attached hydrogens (tertiary/aromatic N) is 2. The Morgan fingerprint density at radius 1 is 1.53 bits per heavy atom. The summed E-state index contributed by atoms with van der Waals surface area (Å²) >= 11 is 0. The number of aliphatic hydroxyl groups is 1. The molecule has 1 aliphatic rings. The molecular weight excluding hydrogens is 212 g/mol. The molecule has 0 saturated heterocycles. The number of aromatic nitrogens is 2. The van der Waals surface area contributed by atoms with Gasteiger partial charge in [-0.25, -0.2) is 0 Å². The second-order valence-corrected chi connectivity index (χ2v) is 5.37. The first kappa shape index (κ1) is 12.6. The lowest BCUT2D eigenvalue weighted by molar-refractivity contribution is 0.00780. The van der Waals surface area contributed by atoms with Crippen LogP contribution < -0.4 is 0 Å². The molecule has 0 aliphatic heterocycles. The summed E-state index contributed by atoms with van der Waals surface area (Å²) in [7, 11) is 0. The van der Waals surface area contributed by atoms with Crippen molar-refractivity contribution in [2.45, 2.75) is 65.0 Å². The molecule has 1 aromatic heterocycles. The summed E-state index contributed by atoms with van der Waals surface area (Å²) in [6.45, 7) is 7.29. The SMILES string of the molecule is CCc1cc(CC2(O)CCCC2C)n(CC)n1. The first-order valence-electron chi connectivity index (χ1n) is 6.87. The summed E-state index contributed by atoms with van der Waals surface area (Å²) in [5, 5.41) is 15.2. The summed E-state index contributed by atoms with van der Waals surface area (Å²) in [6.07, 6.45) is 4.96. The minimum atomic E-state index is -0.502. The molecule has 0 radical (unpaired) electrons. The lowest BCUT2D eigenvalue weighted by atomic mass is 9.87. The van der Waals surface area contributed by atoms with E-state index in [0.29, 0.717) is 5.92 Å². The quantitative estimate of drug-likeness (QED) is 0.872. The minimum absolute atomic E-state index is 0.410. The third kappa shape index (κ3) is 2.39. The Morgan fingerprint density at radius 2 is 2.29 bits per heavy atom. The predicted molar refractivity (Wildman–Crippen MR) is 68.9 cm³/mol. The molecule has 2 rings (SSSR count). The Labute approximate surface area is 104 Å². The Morgan fingerprint density at radius 3 is 2.82 bits per heavy atom. The Kier molecular flexibility index (Phi) is 3.57. The van der Waals surface area contributed by atoms with E-state index in [1.165, 1.54) is 5.69 Å². The van der Waals surface area contributed by atoms with Gasteiger partial charge in [0.1, 0.15) is 0 Å². The second-order valence-electron chi connectivity index (χ2n) is 5.37. The van der Waals surface area contributed by atoms with Crippen LogP contribution in [0.1, 0.15) is 51.4 Å². The molecule has 96 valence electrons. The zero-order valence-corrected chi connectivity index (χ0v) is 11.2. The van der Waals surface area contributed by atoms with E-state index in [0.717, 1.165) is 44.3 Å². The molecule has 17 heavy (non-hydrogen) atoms. The van der Waals surface area contributed by atoms with Crippen LogP contribution in [0.15, 0.2) is 6.07 Å². The van der Waals surface area contributed by atoms with Crippen molar-refractivity contribution in [1.29, 1.82) is 0 Å². The summed E-state index contributed by atoms with van der Waals surface area (Å²) in [5.41, 5.74) is 1.83. The lowest BCUT2D eigenvalue weighted by Gasteiger charge is -2.27. The van der Waals surface area contributed by atoms with Crippen molar-refractivity contribution in [3.8, 4) is 0 Å². The summed E-state index contributed by atoms with van der Waals surface area (Å²) in [6, 6.07) is 2.16. The van der Waals surface area contributed by atoms with Crippen molar-refractivity contribution in [2.24, 2.45) is 5.92 Å². The van der Waals surface area contributed by atoms with Gasteiger partial charge in [-0.3, -0.25) is 4.68 Å². The molecule has 2 unspecified atom stereocenters. The Hall–Kier alpha value is -0.830. The molecule has 1 saturated carbocycles.